The number of nitrogens with zero attached hydrogens (tertiary/aromatic N) is 2. The minimum Gasteiger partial charge on any atom is -0.459 e. The Morgan fingerprint density at radius 1 is 1.20 bits per heavy atom. The zero-order valence-electron chi connectivity index (χ0n) is 10.8. The van der Waals surface area contributed by atoms with Crippen LogP contribution >= 0.6 is 0 Å². The van der Waals surface area contributed by atoms with E-state index in [1.165, 1.54) is 19.2 Å². The van der Waals surface area contributed by atoms with Crippen LogP contribution in [0.15, 0.2) is 30.5 Å². The average Bonchev–Trinajstić information content (AvgIpc) is 2.46. The van der Waals surface area contributed by atoms with Gasteiger partial charge in [-0.3, -0.25) is 0 Å². The van der Waals surface area contributed by atoms with E-state index in [0.29, 0.717) is 0 Å². The van der Waals surface area contributed by atoms with E-state index >= 15 is 0 Å². The number of anilines is 1. The summed E-state index contributed by atoms with van der Waals surface area (Å²) in [4.78, 5) is 7.59. The Kier molecular flexibility index (Phi) is 4.78. The lowest BCUT2D eigenvalue weighted by Crippen LogP contribution is -2.09. The molecular weight excluding hydrogens is 268 g/mol. The van der Waals surface area contributed by atoms with Crippen molar-refractivity contribution in [1.29, 1.82) is 0 Å². The molecule has 0 saturated heterocycles. The summed E-state index contributed by atoms with van der Waals surface area (Å²) in [5, 5.41) is 2.63. The largest absolute Gasteiger partial charge is 0.459 e. The van der Waals surface area contributed by atoms with Crippen LogP contribution in [0, 0.1) is 11.6 Å². The third-order valence-electron chi connectivity index (χ3n) is 2.39. The molecule has 5 nitrogen and oxygen atoms in total. The third kappa shape index (κ3) is 3.86. The molecule has 1 heterocycles. The standard InChI is InChI=1S/C13H13F2N3O2/c1-19-8-17-12-11(15)6-16-13(18-12)20-7-9-2-4-10(14)5-3-9/h2-6H,7-8H2,1H3,(H,16,17,18). The molecule has 1 aromatic carbocycles. The van der Waals surface area contributed by atoms with E-state index in [-0.39, 0.29) is 31.0 Å². The van der Waals surface area contributed by atoms with Gasteiger partial charge < -0.3 is 14.8 Å². The Morgan fingerprint density at radius 2 is 1.95 bits per heavy atom. The zero-order chi connectivity index (χ0) is 14.4. The monoisotopic (exact) mass is 281 g/mol. The molecule has 106 valence electrons. The van der Waals surface area contributed by atoms with Gasteiger partial charge in [0.25, 0.3) is 0 Å². The van der Waals surface area contributed by atoms with Crippen LogP contribution < -0.4 is 10.1 Å². The predicted octanol–water partition coefficient (Wildman–Crippen LogP) is 2.35. The molecule has 1 aromatic heterocycles. The number of aromatic nitrogens is 2. The molecule has 0 aliphatic heterocycles. The first-order chi connectivity index (χ1) is 9.69. The second-order valence-corrected chi connectivity index (χ2v) is 3.87. The van der Waals surface area contributed by atoms with Gasteiger partial charge in [0.1, 0.15) is 19.2 Å². The van der Waals surface area contributed by atoms with E-state index in [0.717, 1.165) is 11.8 Å². The van der Waals surface area contributed by atoms with E-state index in [1.807, 2.05) is 0 Å². The first-order valence-corrected chi connectivity index (χ1v) is 5.81. The first kappa shape index (κ1) is 14.1. The third-order valence-corrected chi connectivity index (χ3v) is 2.39. The minimum atomic E-state index is -0.601. The summed E-state index contributed by atoms with van der Waals surface area (Å²) in [6.07, 6.45) is 1.00. The van der Waals surface area contributed by atoms with Gasteiger partial charge in [0, 0.05) is 7.11 Å². The fourth-order valence-electron chi connectivity index (χ4n) is 1.41. The van der Waals surface area contributed by atoms with Crippen LogP contribution in [0.25, 0.3) is 0 Å². The Hall–Kier alpha value is -2.28. The van der Waals surface area contributed by atoms with E-state index in [1.54, 1.807) is 12.1 Å². The van der Waals surface area contributed by atoms with Gasteiger partial charge >= 0.3 is 6.01 Å². The first-order valence-electron chi connectivity index (χ1n) is 5.81. The van der Waals surface area contributed by atoms with E-state index in [9.17, 15) is 8.78 Å². The zero-order valence-corrected chi connectivity index (χ0v) is 10.8. The highest BCUT2D eigenvalue weighted by Gasteiger charge is 2.07. The van der Waals surface area contributed by atoms with Crippen LogP contribution in [-0.4, -0.2) is 23.8 Å². The molecule has 0 aliphatic rings. The Bertz CT molecular complexity index is 564. The van der Waals surface area contributed by atoms with Gasteiger partial charge in [-0.1, -0.05) is 12.1 Å². The van der Waals surface area contributed by atoms with Crippen molar-refractivity contribution in [2.75, 3.05) is 19.2 Å². The van der Waals surface area contributed by atoms with Crippen molar-refractivity contribution in [3.05, 3.63) is 47.7 Å². The molecule has 0 saturated carbocycles. The molecule has 0 aliphatic carbocycles. The Morgan fingerprint density at radius 3 is 2.65 bits per heavy atom. The molecule has 7 heteroatoms. The summed E-state index contributed by atoms with van der Waals surface area (Å²) in [6, 6.07) is 5.85. The number of rotatable bonds is 6. The summed E-state index contributed by atoms with van der Waals surface area (Å²) in [7, 11) is 1.47. The molecule has 0 unspecified atom stereocenters. The fraction of sp³-hybridized carbons (Fsp3) is 0.231. The summed E-state index contributed by atoms with van der Waals surface area (Å²) >= 11 is 0. The molecule has 0 radical (unpaired) electrons. The summed E-state index contributed by atoms with van der Waals surface area (Å²) in [5.41, 5.74) is 0.755. The maximum atomic E-state index is 13.4. The molecule has 1 N–H and O–H groups in total. The summed E-state index contributed by atoms with van der Waals surface area (Å²) in [5.74, 6) is -0.926. The SMILES string of the molecule is COCNc1nc(OCc2ccc(F)cc2)ncc1F. The number of halogens is 2. The van der Waals surface area contributed by atoms with Crippen molar-refractivity contribution in [2.45, 2.75) is 6.61 Å². The number of hydrogen-bond donors (Lipinski definition) is 1. The van der Waals surface area contributed by atoms with Crippen molar-refractivity contribution in [1.82, 2.24) is 9.97 Å². The molecular formula is C13H13F2N3O2. The van der Waals surface area contributed by atoms with Crippen LogP contribution in [0.2, 0.25) is 0 Å². The van der Waals surface area contributed by atoms with Gasteiger partial charge in [0.15, 0.2) is 11.6 Å². The highest BCUT2D eigenvalue weighted by Crippen LogP contribution is 2.14. The van der Waals surface area contributed by atoms with Gasteiger partial charge in [-0.15, -0.1) is 0 Å². The molecule has 0 atom stereocenters. The maximum Gasteiger partial charge on any atom is 0.318 e. The predicted molar refractivity (Wildman–Crippen MR) is 68.2 cm³/mol. The minimum absolute atomic E-state index is 0.00374. The van der Waals surface area contributed by atoms with Crippen LogP contribution in [-0.2, 0) is 11.3 Å². The molecule has 0 amide bonds. The lowest BCUT2D eigenvalue weighted by molar-refractivity contribution is 0.220. The van der Waals surface area contributed by atoms with Crippen molar-refractivity contribution in [2.24, 2.45) is 0 Å². The van der Waals surface area contributed by atoms with E-state index in [2.05, 4.69) is 15.3 Å². The normalized spacial score (nSPS) is 10.3. The van der Waals surface area contributed by atoms with Gasteiger partial charge in [-0.2, -0.15) is 4.98 Å². The number of hydrogen-bond acceptors (Lipinski definition) is 5. The molecule has 0 spiro atoms. The smallest absolute Gasteiger partial charge is 0.318 e. The number of nitrogens with one attached hydrogen (secondary N) is 1. The molecule has 0 bridgehead atoms. The van der Waals surface area contributed by atoms with Gasteiger partial charge in [-0.25, -0.2) is 13.8 Å². The van der Waals surface area contributed by atoms with Gasteiger partial charge in [0.2, 0.25) is 0 Å². The summed E-state index contributed by atoms with van der Waals surface area (Å²) in [6.45, 7) is 0.279. The molecule has 0 fully saturated rings. The number of ether oxygens (including phenoxy) is 2. The topological polar surface area (TPSA) is 56.3 Å². The fourth-order valence-corrected chi connectivity index (χ4v) is 1.41. The number of methoxy groups -OCH3 is 1. The van der Waals surface area contributed by atoms with Gasteiger partial charge in [0.05, 0.1) is 6.20 Å². The Labute approximate surface area is 114 Å². The van der Waals surface area contributed by atoms with Gasteiger partial charge in [-0.05, 0) is 17.7 Å². The summed E-state index contributed by atoms with van der Waals surface area (Å²) < 4.78 is 36.2. The lowest BCUT2D eigenvalue weighted by Gasteiger charge is -2.08. The van der Waals surface area contributed by atoms with Crippen molar-refractivity contribution >= 4 is 5.82 Å². The average molecular weight is 281 g/mol. The van der Waals surface area contributed by atoms with Crippen molar-refractivity contribution in [3.8, 4) is 6.01 Å². The van der Waals surface area contributed by atoms with Crippen molar-refractivity contribution < 1.29 is 18.3 Å². The molecule has 2 rings (SSSR count). The van der Waals surface area contributed by atoms with E-state index in [4.69, 9.17) is 9.47 Å². The van der Waals surface area contributed by atoms with E-state index < -0.39 is 5.82 Å². The number of benzene rings is 1. The highest BCUT2D eigenvalue weighted by molar-refractivity contribution is 5.35. The highest BCUT2D eigenvalue weighted by atomic mass is 19.1. The maximum absolute atomic E-state index is 13.4. The van der Waals surface area contributed by atoms with Crippen LogP contribution in [0.1, 0.15) is 5.56 Å². The molecule has 20 heavy (non-hydrogen) atoms. The second-order valence-electron chi connectivity index (χ2n) is 3.87. The van der Waals surface area contributed by atoms with Crippen LogP contribution in [0.4, 0.5) is 14.6 Å². The van der Waals surface area contributed by atoms with Crippen molar-refractivity contribution in [3.63, 3.8) is 0 Å². The Balaban J connectivity index is 2.00. The quantitative estimate of drug-likeness (QED) is 0.824. The van der Waals surface area contributed by atoms with Crippen LogP contribution in [0.5, 0.6) is 6.01 Å². The lowest BCUT2D eigenvalue weighted by atomic mass is 10.2. The second kappa shape index (κ2) is 6.76. The molecule has 2 aromatic rings. The van der Waals surface area contributed by atoms with Crippen LogP contribution in [0.3, 0.4) is 0 Å².